The number of fused-ring (bicyclic) bond motifs is 1. The van der Waals surface area contributed by atoms with Gasteiger partial charge in [-0.3, -0.25) is 4.79 Å². The molecule has 3 aromatic rings. The molecular weight excluding hydrogens is 468 g/mol. The second-order valence-corrected chi connectivity index (χ2v) is 8.78. The van der Waals surface area contributed by atoms with Crippen LogP contribution >= 0.6 is 0 Å². The lowest BCUT2D eigenvalue weighted by atomic mass is 9.95. The van der Waals surface area contributed by atoms with E-state index in [1.165, 1.54) is 6.08 Å². The number of methoxy groups -OCH3 is 2. The van der Waals surface area contributed by atoms with Gasteiger partial charge in [-0.05, 0) is 41.3 Å². The number of carbonyl (C=O) groups is 1. The number of ether oxygens (including phenoxy) is 2. The number of unbranched alkanes of at least 4 members (excludes halogenated alkanes) is 1. The van der Waals surface area contributed by atoms with Crippen molar-refractivity contribution < 1.29 is 14.3 Å². The molecule has 9 nitrogen and oxygen atoms in total. The number of hydrogen-bond donors (Lipinski definition) is 2. The third-order valence-electron chi connectivity index (χ3n) is 6.31. The molecule has 0 saturated carbocycles. The summed E-state index contributed by atoms with van der Waals surface area (Å²) >= 11 is 0. The lowest BCUT2D eigenvalue weighted by molar-refractivity contribution is -0.128. The number of nitrogen functional groups attached to an aromatic ring is 2. The smallest absolute Gasteiger partial charge is 0.267 e. The van der Waals surface area contributed by atoms with Crippen molar-refractivity contribution in [3.05, 3.63) is 76.5 Å². The zero-order valence-corrected chi connectivity index (χ0v) is 21.3. The Morgan fingerprint density at radius 2 is 1.97 bits per heavy atom. The number of nitrogens with two attached hydrogens (primary N) is 2. The van der Waals surface area contributed by atoms with Gasteiger partial charge in [0.25, 0.3) is 5.91 Å². The Balaban J connectivity index is 1.64. The highest BCUT2D eigenvalue weighted by atomic mass is 16.5. The number of aromatic nitrogens is 2. The van der Waals surface area contributed by atoms with Gasteiger partial charge in [0.05, 0.1) is 26.5 Å². The van der Waals surface area contributed by atoms with E-state index < -0.39 is 0 Å². The zero-order valence-electron chi connectivity index (χ0n) is 21.3. The minimum Gasteiger partial charge on any atom is -0.493 e. The molecule has 0 fully saturated rings. The fourth-order valence-corrected chi connectivity index (χ4v) is 4.46. The molecule has 4 rings (SSSR count). The van der Waals surface area contributed by atoms with E-state index in [0.717, 1.165) is 41.5 Å². The summed E-state index contributed by atoms with van der Waals surface area (Å²) in [7, 11) is 3.13. The third-order valence-corrected chi connectivity index (χ3v) is 6.31. The van der Waals surface area contributed by atoms with Crippen molar-refractivity contribution in [3.8, 4) is 11.5 Å². The largest absolute Gasteiger partial charge is 0.493 e. The molecule has 1 amide bonds. The van der Waals surface area contributed by atoms with Crippen molar-refractivity contribution in [2.24, 2.45) is 5.10 Å². The van der Waals surface area contributed by atoms with Crippen LogP contribution in [0, 0.1) is 0 Å². The summed E-state index contributed by atoms with van der Waals surface area (Å²) in [4.78, 5) is 21.4. The van der Waals surface area contributed by atoms with Crippen LogP contribution in [0.15, 0.2) is 53.8 Å². The number of anilines is 2. The van der Waals surface area contributed by atoms with E-state index in [2.05, 4.69) is 28.1 Å². The van der Waals surface area contributed by atoms with Gasteiger partial charge in [0, 0.05) is 29.8 Å². The van der Waals surface area contributed by atoms with E-state index in [4.69, 9.17) is 20.9 Å². The number of hydrogen-bond acceptors (Lipinski definition) is 8. The van der Waals surface area contributed by atoms with Crippen LogP contribution in [-0.2, 0) is 11.2 Å². The van der Waals surface area contributed by atoms with Gasteiger partial charge >= 0.3 is 0 Å². The molecular formula is C28H32N6O3. The van der Waals surface area contributed by atoms with Crippen molar-refractivity contribution in [3.63, 3.8) is 0 Å². The molecule has 37 heavy (non-hydrogen) atoms. The van der Waals surface area contributed by atoms with Crippen molar-refractivity contribution in [2.75, 3.05) is 25.7 Å². The number of benzene rings is 2. The van der Waals surface area contributed by atoms with Gasteiger partial charge in [-0.1, -0.05) is 44.0 Å². The predicted octanol–water partition coefficient (Wildman–Crippen LogP) is 4.37. The highest BCUT2D eigenvalue weighted by molar-refractivity contribution is 5.95. The lowest BCUT2D eigenvalue weighted by Gasteiger charge is -2.31. The van der Waals surface area contributed by atoms with Crippen LogP contribution < -0.4 is 20.9 Å². The Hall–Kier alpha value is -4.40. The molecule has 0 bridgehead atoms. The normalized spacial score (nSPS) is 14.6. The number of rotatable bonds is 9. The molecule has 192 valence electrons. The van der Waals surface area contributed by atoms with Gasteiger partial charge in [0.1, 0.15) is 5.82 Å². The van der Waals surface area contributed by atoms with Crippen molar-refractivity contribution >= 4 is 30.0 Å². The molecule has 4 N–H and O–H groups in total. The first-order valence-electron chi connectivity index (χ1n) is 12.2. The fraction of sp³-hybridized carbons (Fsp3) is 0.286. The zero-order chi connectivity index (χ0) is 26.4. The lowest BCUT2D eigenvalue weighted by Crippen LogP contribution is -2.32. The minimum absolute atomic E-state index is 0.116. The molecule has 0 radical (unpaired) electrons. The average molecular weight is 501 g/mol. The fourth-order valence-electron chi connectivity index (χ4n) is 4.46. The summed E-state index contributed by atoms with van der Waals surface area (Å²) in [5.41, 5.74) is 16.1. The molecule has 1 aromatic heterocycles. The average Bonchev–Trinajstić information content (AvgIpc) is 2.91. The SMILES string of the molecule is CCCCC1c2ccccc2C=NN1C(=O)/C=C/c1cc(Cc2cnc(N)nc2N)cc(OC)c1OC. The summed E-state index contributed by atoms with van der Waals surface area (Å²) in [5.74, 6) is 1.28. The van der Waals surface area contributed by atoms with E-state index in [1.807, 2.05) is 30.3 Å². The van der Waals surface area contributed by atoms with Gasteiger partial charge in [0.15, 0.2) is 11.5 Å². The van der Waals surface area contributed by atoms with Gasteiger partial charge in [-0.15, -0.1) is 0 Å². The highest BCUT2D eigenvalue weighted by Crippen LogP contribution is 2.36. The standard InChI is InChI=1S/C28H32N6O3/c1-4-5-10-23-22-9-7-6-8-20(22)17-32-34(23)25(35)12-11-19-13-18(15-24(36-2)26(19)37-3)14-21-16-31-28(30)33-27(21)29/h6-9,11-13,15-17,23H,4-5,10,14H2,1-3H3,(H4,29,30,31,33)/b12-11+. The van der Waals surface area contributed by atoms with Crippen LogP contribution in [0.5, 0.6) is 11.5 Å². The quantitative estimate of drug-likeness (QED) is 0.417. The second-order valence-electron chi connectivity index (χ2n) is 8.78. The van der Waals surface area contributed by atoms with Crippen LogP contribution in [0.2, 0.25) is 0 Å². The maximum Gasteiger partial charge on any atom is 0.267 e. The summed E-state index contributed by atoms with van der Waals surface area (Å²) in [6.07, 6.45) is 9.91. The van der Waals surface area contributed by atoms with Gasteiger partial charge < -0.3 is 20.9 Å². The monoisotopic (exact) mass is 500 g/mol. The van der Waals surface area contributed by atoms with E-state index in [0.29, 0.717) is 29.3 Å². The molecule has 2 aromatic carbocycles. The van der Waals surface area contributed by atoms with Gasteiger partial charge in [-0.2, -0.15) is 10.1 Å². The number of nitrogens with zero attached hydrogens (tertiary/aromatic N) is 4. The molecule has 0 aliphatic carbocycles. The highest BCUT2D eigenvalue weighted by Gasteiger charge is 2.27. The van der Waals surface area contributed by atoms with E-state index in [9.17, 15) is 4.79 Å². The Labute approximate surface area is 216 Å². The molecule has 1 aliphatic heterocycles. The van der Waals surface area contributed by atoms with E-state index in [1.54, 1.807) is 37.7 Å². The molecule has 1 atom stereocenters. The first-order valence-corrected chi connectivity index (χ1v) is 12.2. The van der Waals surface area contributed by atoms with Crippen LogP contribution in [0.3, 0.4) is 0 Å². The Morgan fingerprint density at radius 1 is 1.16 bits per heavy atom. The Bertz CT molecular complexity index is 1340. The van der Waals surface area contributed by atoms with Crippen molar-refractivity contribution in [2.45, 2.75) is 38.6 Å². The Morgan fingerprint density at radius 3 is 2.70 bits per heavy atom. The number of carbonyl (C=O) groups excluding carboxylic acids is 1. The summed E-state index contributed by atoms with van der Waals surface area (Å²) in [6, 6.07) is 11.7. The van der Waals surface area contributed by atoms with Gasteiger partial charge in [-0.25, -0.2) is 9.99 Å². The Kier molecular flexibility index (Phi) is 8.02. The first-order chi connectivity index (χ1) is 17.9. The summed E-state index contributed by atoms with van der Waals surface area (Å²) in [5, 5.41) is 6.06. The van der Waals surface area contributed by atoms with Crippen LogP contribution in [0.25, 0.3) is 6.08 Å². The van der Waals surface area contributed by atoms with E-state index >= 15 is 0 Å². The van der Waals surface area contributed by atoms with Crippen molar-refractivity contribution in [1.82, 2.24) is 15.0 Å². The number of hydrazone groups is 1. The molecule has 0 spiro atoms. The second kappa shape index (κ2) is 11.6. The van der Waals surface area contributed by atoms with Crippen LogP contribution in [0.4, 0.5) is 11.8 Å². The van der Waals surface area contributed by atoms with E-state index in [-0.39, 0.29) is 17.9 Å². The molecule has 0 saturated heterocycles. The molecule has 1 unspecified atom stereocenters. The summed E-state index contributed by atoms with van der Waals surface area (Å²) in [6.45, 7) is 2.14. The molecule has 9 heteroatoms. The number of amides is 1. The summed E-state index contributed by atoms with van der Waals surface area (Å²) < 4.78 is 11.2. The third kappa shape index (κ3) is 5.72. The van der Waals surface area contributed by atoms with Crippen LogP contribution in [-0.4, -0.2) is 41.3 Å². The van der Waals surface area contributed by atoms with Gasteiger partial charge in [0.2, 0.25) is 5.95 Å². The maximum absolute atomic E-state index is 13.4. The predicted molar refractivity (Wildman–Crippen MR) is 145 cm³/mol. The first kappa shape index (κ1) is 25.7. The minimum atomic E-state index is -0.213. The van der Waals surface area contributed by atoms with Crippen molar-refractivity contribution in [1.29, 1.82) is 0 Å². The maximum atomic E-state index is 13.4. The molecule has 1 aliphatic rings. The van der Waals surface area contributed by atoms with Crippen LogP contribution in [0.1, 0.15) is 60.0 Å². The topological polar surface area (TPSA) is 129 Å². The molecule has 2 heterocycles.